The second-order valence-electron chi connectivity index (χ2n) is 2.51. The Bertz CT molecular complexity index is 371. The van der Waals surface area contributed by atoms with Crippen molar-refractivity contribution in [2.24, 2.45) is 10.2 Å². The van der Waals surface area contributed by atoms with Crippen molar-refractivity contribution in [3.63, 3.8) is 0 Å². The Kier molecular flexibility index (Phi) is 1.40. The van der Waals surface area contributed by atoms with E-state index >= 15 is 0 Å². The minimum absolute atomic E-state index is 0.303. The van der Waals surface area contributed by atoms with Crippen LogP contribution in [0, 0.1) is 0 Å². The first-order valence-corrected chi connectivity index (χ1v) is 3.52. The summed E-state index contributed by atoms with van der Waals surface area (Å²) in [5, 5.41) is 16.3. The lowest BCUT2D eigenvalue weighted by Crippen LogP contribution is -1.99. The van der Waals surface area contributed by atoms with Crippen LogP contribution in [0.3, 0.4) is 0 Å². The van der Waals surface area contributed by atoms with Gasteiger partial charge in [-0.25, -0.2) is 4.79 Å². The summed E-state index contributed by atoms with van der Waals surface area (Å²) in [6.07, 6.45) is 0. The average Bonchev–Trinajstić information content (AvgIpc) is 2.49. The van der Waals surface area contributed by atoms with Crippen LogP contribution in [-0.2, 0) is 6.54 Å². The summed E-state index contributed by atoms with van der Waals surface area (Å²) in [6, 6.07) is 5.00. The lowest BCUT2D eigenvalue weighted by Gasteiger charge is -1.99. The molecule has 1 aliphatic rings. The molecular formula is C8H6N2O2. The van der Waals surface area contributed by atoms with E-state index in [0.29, 0.717) is 23.4 Å². The zero-order valence-corrected chi connectivity index (χ0v) is 6.19. The van der Waals surface area contributed by atoms with Gasteiger partial charge in [-0.3, -0.25) is 0 Å². The SMILES string of the molecule is O=C(O)c1cccc2c1CN=N2. The van der Waals surface area contributed by atoms with Gasteiger partial charge >= 0.3 is 5.97 Å². The first kappa shape index (κ1) is 6.97. The quantitative estimate of drug-likeness (QED) is 0.686. The maximum Gasteiger partial charge on any atom is 0.336 e. The van der Waals surface area contributed by atoms with Crippen LogP contribution in [0.5, 0.6) is 0 Å². The van der Waals surface area contributed by atoms with Gasteiger partial charge in [0.15, 0.2) is 0 Å². The summed E-state index contributed by atoms with van der Waals surface area (Å²) < 4.78 is 0. The van der Waals surface area contributed by atoms with E-state index in [1.54, 1.807) is 18.2 Å². The molecule has 1 N–H and O–H groups in total. The third-order valence-corrected chi connectivity index (χ3v) is 1.79. The summed E-state index contributed by atoms with van der Waals surface area (Å²) in [5.41, 5.74) is 1.69. The monoisotopic (exact) mass is 162 g/mol. The molecule has 1 aromatic rings. The molecule has 4 heteroatoms. The third-order valence-electron chi connectivity index (χ3n) is 1.79. The number of rotatable bonds is 1. The van der Waals surface area contributed by atoms with Crippen LogP contribution in [0.2, 0.25) is 0 Å². The van der Waals surface area contributed by atoms with Gasteiger partial charge in [-0.15, -0.1) is 0 Å². The molecule has 1 heterocycles. The largest absolute Gasteiger partial charge is 0.478 e. The number of azo groups is 1. The van der Waals surface area contributed by atoms with Crippen LogP contribution < -0.4 is 0 Å². The minimum atomic E-state index is -0.917. The molecule has 0 atom stereocenters. The zero-order valence-electron chi connectivity index (χ0n) is 6.19. The average molecular weight is 162 g/mol. The first-order chi connectivity index (χ1) is 5.79. The van der Waals surface area contributed by atoms with Crippen molar-refractivity contribution in [3.05, 3.63) is 29.3 Å². The van der Waals surface area contributed by atoms with E-state index in [1.807, 2.05) is 0 Å². The Morgan fingerprint density at radius 2 is 2.33 bits per heavy atom. The summed E-state index contributed by atoms with van der Waals surface area (Å²) in [6.45, 7) is 0.387. The molecule has 0 bridgehead atoms. The molecule has 0 radical (unpaired) electrons. The third kappa shape index (κ3) is 0.887. The van der Waals surface area contributed by atoms with Gasteiger partial charge in [-0.1, -0.05) is 6.07 Å². The topological polar surface area (TPSA) is 62.0 Å². The Morgan fingerprint density at radius 1 is 1.50 bits per heavy atom. The lowest BCUT2D eigenvalue weighted by molar-refractivity contribution is 0.0696. The van der Waals surface area contributed by atoms with Gasteiger partial charge in [0, 0.05) is 5.56 Å². The number of aromatic carboxylic acids is 1. The van der Waals surface area contributed by atoms with Gasteiger partial charge in [0.05, 0.1) is 17.8 Å². The number of nitrogens with zero attached hydrogens (tertiary/aromatic N) is 2. The molecule has 1 aromatic carbocycles. The number of carbonyl (C=O) groups is 1. The van der Waals surface area contributed by atoms with Gasteiger partial charge < -0.3 is 5.11 Å². The number of hydrogen-bond donors (Lipinski definition) is 1. The summed E-state index contributed by atoms with van der Waals surface area (Å²) in [5.74, 6) is -0.917. The lowest BCUT2D eigenvalue weighted by atomic mass is 10.1. The van der Waals surface area contributed by atoms with Crippen molar-refractivity contribution in [1.82, 2.24) is 0 Å². The van der Waals surface area contributed by atoms with Crippen LogP contribution in [0.1, 0.15) is 15.9 Å². The highest BCUT2D eigenvalue weighted by Crippen LogP contribution is 2.29. The van der Waals surface area contributed by atoms with Gasteiger partial charge in [0.25, 0.3) is 0 Å². The van der Waals surface area contributed by atoms with Crippen molar-refractivity contribution in [2.75, 3.05) is 0 Å². The molecule has 0 saturated heterocycles. The Hall–Kier alpha value is -1.71. The van der Waals surface area contributed by atoms with E-state index < -0.39 is 5.97 Å². The van der Waals surface area contributed by atoms with E-state index in [9.17, 15) is 4.79 Å². The molecule has 0 spiro atoms. The highest BCUT2D eigenvalue weighted by Gasteiger charge is 2.16. The second kappa shape index (κ2) is 2.41. The molecule has 0 saturated carbocycles. The Morgan fingerprint density at radius 3 is 3.08 bits per heavy atom. The van der Waals surface area contributed by atoms with E-state index in [2.05, 4.69) is 10.2 Å². The highest BCUT2D eigenvalue weighted by atomic mass is 16.4. The summed E-state index contributed by atoms with van der Waals surface area (Å²) in [7, 11) is 0. The normalized spacial score (nSPS) is 13.0. The van der Waals surface area contributed by atoms with E-state index in [4.69, 9.17) is 5.11 Å². The summed E-state index contributed by atoms with van der Waals surface area (Å²) >= 11 is 0. The molecule has 0 aliphatic carbocycles. The Balaban J connectivity index is 2.60. The van der Waals surface area contributed by atoms with Gasteiger partial charge in [0.1, 0.15) is 0 Å². The number of fused-ring (bicyclic) bond motifs is 1. The second-order valence-corrected chi connectivity index (χ2v) is 2.51. The molecule has 0 fully saturated rings. The number of hydrogen-bond acceptors (Lipinski definition) is 3. The molecule has 60 valence electrons. The molecule has 1 aliphatic heterocycles. The van der Waals surface area contributed by atoms with Crippen LogP contribution in [0.15, 0.2) is 28.4 Å². The van der Waals surface area contributed by atoms with Gasteiger partial charge in [0.2, 0.25) is 0 Å². The Labute approximate surface area is 68.6 Å². The maximum absolute atomic E-state index is 10.7. The number of carboxylic acid groups (broad SMARTS) is 1. The first-order valence-electron chi connectivity index (χ1n) is 3.52. The predicted molar refractivity (Wildman–Crippen MR) is 41.6 cm³/mol. The molecular weight excluding hydrogens is 156 g/mol. The molecule has 0 unspecified atom stereocenters. The fourth-order valence-corrected chi connectivity index (χ4v) is 1.22. The van der Waals surface area contributed by atoms with Crippen LogP contribution in [0.25, 0.3) is 0 Å². The molecule has 2 rings (SSSR count). The highest BCUT2D eigenvalue weighted by molar-refractivity contribution is 5.91. The molecule has 12 heavy (non-hydrogen) atoms. The number of carboxylic acids is 1. The smallest absolute Gasteiger partial charge is 0.336 e. The van der Waals surface area contributed by atoms with Crippen molar-refractivity contribution >= 4 is 11.7 Å². The fraction of sp³-hybridized carbons (Fsp3) is 0.125. The van der Waals surface area contributed by atoms with Crippen molar-refractivity contribution in [3.8, 4) is 0 Å². The standard InChI is InChI=1S/C8H6N2O2/c11-8(12)5-2-1-3-7-6(5)4-9-10-7/h1-3H,4H2,(H,11,12). The van der Waals surface area contributed by atoms with Gasteiger partial charge in [-0.2, -0.15) is 10.2 Å². The van der Waals surface area contributed by atoms with Crippen LogP contribution >= 0.6 is 0 Å². The van der Waals surface area contributed by atoms with Crippen molar-refractivity contribution < 1.29 is 9.90 Å². The molecule has 4 nitrogen and oxygen atoms in total. The fourth-order valence-electron chi connectivity index (χ4n) is 1.22. The molecule has 0 amide bonds. The van der Waals surface area contributed by atoms with E-state index in [0.717, 1.165) is 0 Å². The predicted octanol–water partition coefficient (Wildman–Crippen LogP) is 1.98. The summed E-state index contributed by atoms with van der Waals surface area (Å²) in [4.78, 5) is 10.7. The zero-order chi connectivity index (χ0) is 8.55. The van der Waals surface area contributed by atoms with Crippen LogP contribution in [-0.4, -0.2) is 11.1 Å². The van der Waals surface area contributed by atoms with E-state index in [1.165, 1.54) is 0 Å². The number of benzene rings is 1. The van der Waals surface area contributed by atoms with Crippen LogP contribution in [0.4, 0.5) is 5.69 Å². The minimum Gasteiger partial charge on any atom is -0.478 e. The maximum atomic E-state index is 10.7. The van der Waals surface area contributed by atoms with E-state index in [-0.39, 0.29) is 0 Å². The van der Waals surface area contributed by atoms with Crippen molar-refractivity contribution in [1.29, 1.82) is 0 Å². The van der Waals surface area contributed by atoms with Gasteiger partial charge in [-0.05, 0) is 12.1 Å². The molecule has 0 aromatic heterocycles. The van der Waals surface area contributed by atoms with Crippen molar-refractivity contribution in [2.45, 2.75) is 6.54 Å².